The number of carbonyl (C=O) groups excluding carboxylic acids is 1. The number of ether oxygens (including phenoxy) is 1. The normalized spacial score (nSPS) is 16.3. The predicted octanol–water partition coefficient (Wildman–Crippen LogP) is 3.87. The summed E-state index contributed by atoms with van der Waals surface area (Å²) in [6, 6.07) is 5.23. The van der Waals surface area contributed by atoms with Gasteiger partial charge in [-0.25, -0.2) is 0 Å². The van der Waals surface area contributed by atoms with Gasteiger partial charge in [-0.1, -0.05) is 30.9 Å². The summed E-state index contributed by atoms with van der Waals surface area (Å²) in [5.74, 6) is 0.848. The number of amides is 1. The standard InChI is InChI=1S/C14H18ClNO2/c1-18-13-8-7-11(15)9-12(13)16-14(17)10-5-3-2-4-6-10/h7-10H,2-6H2,1H3,(H,16,17). The number of benzene rings is 1. The minimum absolute atomic E-state index is 0.0790. The molecule has 4 heteroatoms. The van der Waals surface area contributed by atoms with Crippen molar-refractivity contribution in [3.05, 3.63) is 23.2 Å². The lowest BCUT2D eigenvalue weighted by atomic mass is 9.88. The van der Waals surface area contributed by atoms with Crippen molar-refractivity contribution in [1.82, 2.24) is 0 Å². The number of hydrogen-bond donors (Lipinski definition) is 1. The van der Waals surface area contributed by atoms with E-state index in [1.807, 2.05) is 0 Å². The molecule has 0 aromatic heterocycles. The van der Waals surface area contributed by atoms with E-state index in [0.29, 0.717) is 16.5 Å². The number of anilines is 1. The van der Waals surface area contributed by atoms with Crippen LogP contribution in [0.1, 0.15) is 32.1 Å². The van der Waals surface area contributed by atoms with Gasteiger partial charge in [-0.3, -0.25) is 4.79 Å². The number of carbonyl (C=O) groups is 1. The van der Waals surface area contributed by atoms with Crippen LogP contribution < -0.4 is 10.1 Å². The Kier molecular flexibility index (Phi) is 4.48. The molecule has 0 spiro atoms. The molecule has 98 valence electrons. The Hall–Kier alpha value is -1.22. The molecule has 0 aliphatic heterocycles. The summed E-state index contributed by atoms with van der Waals surface area (Å²) in [5.41, 5.74) is 0.653. The zero-order valence-corrected chi connectivity index (χ0v) is 11.3. The highest BCUT2D eigenvalue weighted by atomic mass is 35.5. The maximum absolute atomic E-state index is 12.1. The second-order valence-electron chi connectivity index (χ2n) is 4.67. The first kappa shape index (κ1) is 13.2. The molecule has 0 saturated heterocycles. The quantitative estimate of drug-likeness (QED) is 0.903. The molecule has 0 heterocycles. The summed E-state index contributed by atoms with van der Waals surface area (Å²) in [4.78, 5) is 12.1. The highest BCUT2D eigenvalue weighted by Gasteiger charge is 2.21. The molecular formula is C14H18ClNO2. The van der Waals surface area contributed by atoms with E-state index >= 15 is 0 Å². The summed E-state index contributed by atoms with van der Waals surface area (Å²) in [5, 5.41) is 3.52. The Balaban J connectivity index is 2.07. The molecule has 2 rings (SSSR count). The van der Waals surface area contributed by atoms with Gasteiger partial charge in [-0.05, 0) is 31.0 Å². The number of nitrogens with one attached hydrogen (secondary N) is 1. The minimum atomic E-state index is 0.0790. The summed E-state index contributed by atoms with van der Waals surface area (Å²) >= 11 is 5.94. The topological polar surface area (TPSA) is 38.3 Å². The summed E-state index contributed by atoms with van der Waals surface area (Å²) < 4.78 is 5.22. The zero-order chi connectivity index (χ0) is 13.0. The van der Waals surface area contributed by atoms with Crippen LogP contribution in [0.15, 0.2) is 18.2 Å². The van der Waals surface area contributed by atoms with Gasteiger partial charge in [0, 0.05) is 10.9 Å². The van der Waals surface area contributed by atoms with Crippen LogP contribution in [0.2, 0.25) is 5.02 Å². The fraction of sp³-hybridized carbons (Fsp3) is 0.500. The van der Waals surface area contributed by atoms with Crippen LogP contribution >= 0.6 is 11.6 Å². The largest absolute Gasteiger partial charge is 0.495 e. The molecule has 1 aliphatic rings. The first-order valence-electron chi connectivity index (χ1n) is 6.35. The van der Waals surface area contributed by atoms with Crippen LogP contribution in [0, 0.1) is 5.92 Å². The van der Waals surface area contributed by atoms with Crippen molar-refractivity contribution < 1.29 is 9.53 Å². The third-order valence-corrected chi connectivity index (χ3v) is 3.63. The number of methoxy groups -OCH3 is 1. The SMILES string of the molecule is COc1ccc(Cl)cc1NC(=O)C1CCCCC1. The van der Waals surface area contributed by atoms with Gasteiger partial charge in [0.15, 0.2) is 0 Å². The van der Waals surface area contributed by atoms with Gasteiger partial charge in [0.1, 0.15) is 5.75 Å². The third kappa shape index (κ3) is 3.16. The molecule has 1 aromatic carbocycles. The molecule has 1 N–H and O–H groups in total. The molecule has 1 fully saturated rings. The fourth-order valence-electron chi connectivity index (χ4n) is 2.38. The van der Waals surface area contributed by atoms with E-state index < -0.39 is 0 Å². The fourth-order valence-corrected chi connectivity index (χ4v) is 2.55. The second-order valence-corrected chi connectivity index (χ2v) is 5.11. The minimum Gasteiger partial charge on any atom is -0.495 e. The molecule has 0 atom stereocenters. The van der Waals surface area contributed by atoms with Crippen LogP contribution in [-0.4, -0.2) is 13.0 Å². The van der Waals surface area contributed by atoms with Crippen molar-refractivity contribution in [2.24, 2.45) is 5.92 Å². The summed E-state index contributed by atoms with van der Waals surface area (Å²) in [7, 11) is 1.58. The maximum atomic E-state index is 12.1. The van der Waals surface area contributed by atoms with E-state index in [0.717, 1.165) is 25.7 Å². The molecule has 1 aliphatic carbocycles. The monoisotopic (exact) mass is 267 g/mol. The van der Waals surface area contributed by atoms with Crippen molar-refractivity contribution in [3.8, 4) is 5.75 Å². The highest BCUT2D eigenvalue weighted by Crippen LogP contribution is 2.30. The van der Waals surface area contributed by atoms with Crippen molar-refractivity contribution >= 4 is 23.2 Å². The maximum Gasteiger partial charge on any atom is 0.227 e. The summed E-state index contributed by atoms with van der Waals surface area (Å²) in [6.07, 6.45) is 5.49. The van der Waals surface area contributed by atoms with E-state index in [1.165, 1.54) is 6.42 Å². The lowest BCUT2D eigenvalue weighted by molar-refractivity contribution is -0.120. The van der Waals surface area contributed by atoms with Gasteiger partial charge in [-0.2, -0.15) is 0 Å². The Morgan fingerprint density at radius 1 is 1.33 bits per heavy atom. The first-order chi connectivity index (χ1) is 8.70. The smallest absolute Gasteiger partial charge is 0.227 e. The van der Waals surface area contributed by atoms with E-state index in [2.05, 4.69) is 5.32 Å². The van der Waals surface area contributed by atoms with Crippen molar-refractivity contribution in [1.29, 1.82) is 0 Å². The predicted molar refractivity (Wildman–Crippen MR) is 73.2 cm³/mol. The number of halogens is 1. The first-order valence-corrected chi connectivity index (χ1v) is 6.73. The molecule has 18 heavy (non-hydrogen) atoms. The van der Waals surface area contributed by atoms with E-state index in [1.54, 1.807) is 25.3 Å². The lowest BCUT2D eigenvalue weighted by Gasteiger charge is -2.21. The molecule has 1 aromatic rings. The van der Waals surface area contributed by atoms with Crippen molar-refractivity contribution in [2.45, 2.75) is 32.1 Å². The van der Waals surface area contributed by atoms with Gasteiger partial charge in [0.05, 0.1) is 12.8 Å². The molecule has 1 amide bonds. The van der Waals surface area contributed by atoms with Crippen molar-refractivity contribution in [2.75, 3.05) is 12.4 Å². The van der Waals surface area contributed by atoms with Gasteiger partial charge >= 0.3 is 0 Å². The van der Waals surface area contributed by atoms with Crippen LogP contribution in [0.4, 0.5) is 5.69 Å². The van der Waals surface area contributed by atoms with Crippen LogP contribution in [0.3, 0.4) is 0 Å². The molecule has 0 radical (unpaired) electrons. The lowest BCUT2D eigenvalue weighted by Crippen LogP contribution is -2.24. The van der Waals surface area contributed by atoms with Crippen molar-refractivity contribution in [3.63, 3.8) is 0 Å². The average molecular weight is 268 g/mol. The van der Waals surface area contributed by atoms with Gasteiger partial charge in [-0.15, -0.1) is 0 Å². The number of hydrogen-bond acceptors (Lipinski definition) is 2. The molecular weight excluding hydrogens is 250 g/mol. The third-order valence-electron chi connectivity index (χ3n) is 3.40. The van der Waals surface area contributed by atoms with E-state index in [4.69, 9.17) is 16.3 Å². The van der Waals surface area contributed by atoms with Crippen LogP contribution in [0.25, 0.3) is 0 Å². The Morgan fingerprint density at radius 3 is 2.72 bits per heavy atom. The van der Waals surface area contributed by atoms with Gasteiger partial charge < -0.3 is 10.1 Å². The second kappa shape index (κ2) is 6.10. The summed E-state index contributed by atoms with van der Waals surface area (Å²) in [6.45, 7) is 0. The van der Waals surface area contributed by atoms with Gasteiger partial charge in [0.2, 0.25) is 5.91 Å². The highest BCUT2D eigenvalue weighted by molar-refractivity contribution is 6.31. The average Bonchev–Trinajstić information content (AvgIpc) is 2.40. The molecule has 0 bridgehead atoms. The van der Waals surface area contributed by atoms with Crippen LogP contribution in [-0.2, 0) is 4.79 Å². The Bertz CT molecular complexity index is 428. The van der Waals surface area contributed by atoms with Crippen LogP contribution in [0.5, 0.6) is 5.75 Å². The molecule has 3 nitrogen and oxygen atoms in total. The van der Waals surface area contributed by atoms with E-state index in [9.17, 15) is 4.79 Å². The Morgan fingerprint density at radius 2 is 2.06 bits per heavy atom. The molecule has 1 saturated carbocycles. The zero-order valence-electron chi connectivity index (χ0n) is 10.5. The van der Waals surface area contributed by atoms with Gasteiger partial charge in [0.25, 0.3) is 0 Å². The Labute approximate surface area is 112 Å². The number of rotatable bonds is 3. The van der Waals surface area contributed by atoms with E-state index in [-0.39, 0.29) is 11.8 Å². The molecule has 0 unspecified atom stereocenters.